The molecule has 2 unspecified atom stereocenters. The molecule has 3 fully saturated rings. The van der Waals surface area contributed by atoms with E-state index in [1.165, 1.54) is 80.9 Å². The lowest BCUT2D eigenvalue weighted by molar-refractivity contribution is -0.00358. The van der Waals surface area contributed by atoms with Gasteiger partial charge in [-0.25, -0.2) is 0 Å². The number of fused-ring (bicyclic) bond motifs is 2. The predicted octanol–water partition coefficient (Wildman–Crippen LogP) is 5.08. The van der Waals surface area contributed by atoms with E-state index >= 15 is 0 Å². The molecule has 0 spiro atoms. The van der Waals surface area contributed by atoms with Gasteiger partial charge < -0.3 is 4.74 Å². The van der Waals surface area contributed by atoms with Crippen LogP contribution in [0.15, 0.2) is 36.4 Å². The summed E-state index contributed by atoms with van der Waals surface area (Å²) in [6.45, 7) is 4.88. The molecule has 2 aromatic rings. The maximum Gasteiger partial charge on any atom is 0.126 e. The highest BCUT2D eigenvalue weighted by Gasteiger charge is 2.42. The van der Waals surface area contributed by atoms with E-state index in [4.69, 9.17) is 4.74 Å². The molecular formula is C25H34N2O. The van der Waals surface area contributed by atoms with Crippen molar-refractivity contribution in [3.8, 4) is 5.75 Å². The standard InChI is InChI=1S/C25H34N2O/c1-28-24-14-13-20(21-10-5-6-11-22(21)24)18-27-17-16-26-15-7-12-23(26)25(27)19-8-3-2-4-9-19/h5-6,10-11,13-14,19,23,25H,2-4,7-9,12,15-18H2,1H3. The van der Waals surface area contributed by atoms with Gasteiger partial charge in [0.05, 0.1) is 7.11 Å². The number of piperazine rings is 1. The molecular weight excluding hydrogens is 344 g/mol. The maximum absolute atomic E-state index is 5.63. The molecule has 3 heteroatoms. The maximum atomic E-state index is 5.63. The minimum atomic E-state index is 0.748. The summed E-state index contributed by atoms with van der Waals surface area (Å²) >= 11 is 0. The number of ether oxygens (including phenoxy) is 1. The summed E-state index contributed by atoms with van der Waals surface area (Å²) in [5.74, 6) is 1.88. The van der Waals surface area contributed by atoms with Gasteiger partial charge >= 0.3 is 0 Å². The molecule has 2 heterocycles. The lowest BCUT2D eigenvalue weighted by atomic mass is 9.78. The molecule has 3 aliphatic rings. The molecule has 1 aliphatic carbocycles. The van der Waals surface area contributed by atoms with E-state index in [0.717, 1.165) is 30.3 Å². The van der Waals surface area contributed by atoms with Gasteiger partial charge in [0.25, 0.3) is 0 Å². The van der Waals surface area contributed by atoms with E-state index in [-0.39, 0.29) is 0 Å². The first-order valence-corrected chi connectivity index (χ1v) is 11.4. The zero-order chi connectivity index (χ0) is 18.9. The van der Waals surface area contributed by atoms with Crippen molar-refractivity contribution in [2.45, 2.75) is 63.6 Å². The van der Waals surface area contributed by atoms with Gasteiger partial charge in [0.15, 0.2) is 0 Å². The van der Waals surface area contributed by atoms with Crippen LogP contribution < -0.4 is 4.74 Å². The summed E-state index contributed by atoms with van der Waals surface area (Å²) in [7, 11) is 1.78. The number of benzene rings is 2. The molecule has 0 N–H and O–H groups in total. The van der Waals surface area contributed by atoms with Crippen molar-refractivity contribution in [1.29, 1.82) is 0 Å². The highest BCUT2D eigenvalue weighted by Crippen LogP contribution is 2.39. The van der Waals surface area contributed by atoms with Crippen LogP contribution in [0.1, 0.15) is 50.5 Å². The Bertz CT molecular complexity index is 813. The lowest BCUT2D eigenvalue weighted by Gasteiger charge is -2.49. The molecule has 1 saturated carbocycles. The third kappa shape index (κ3) is 3.33. The van der Waals surface area contributed by atoms with E-state index < -0.39 is 0 Å². The number of methoxy groups -OCH3 is 1. The Hall–Kier alpha value is -1.58. The normalized spacial score (nSPS) is 27.2. The Morgan fingerprint density at radius 3 is 2.50 bits per heavy atom. The summed E-state index contributed by atoms with van der Waals surface area (Å²) in [6.07, 6.45) is 10.00. The van der Waals surface area contributed by atoms with Crippen LogP contribution in [-0.2, 0) is 6.54 Å². The Morgan fingerprint density at radius 1 is 0.857 bits per heavy atom. The van der Waals surface area contributed by atoms with E-state index in [0.29, 0.717) is 0 Å². The third-order valence-electron chi connectivity index (χ3n) is 7.61. The quantitative estimate of drug-likeness (QED) is 0.738. The van der Waals surface area contributed by atoms with E-state index in [2.05, 4.69) is 46.2 Å². The summed E-state index contributed by atoms with van der Waals surface area (Å²) in [5, 5.41) is 2.61. The van der Waals surface area contributed by atoms with Crippen LogP contribution in [0.2, 0.25) is 0 Å². The summed E-state index contributed by atoms with van der Waals surface area (Å²) in [4.78, 5) is 5.67. The second kappa shape index (κ2) is 8.04. The van der Waals surface area contributed by atoms with Crippen molar-refractivity contribution in [2.24, 2.45) is 5.92 Å². The van der Waals surface area contributed by atoms with Gasteiger partial charge in [0.2, 0.25) is 0 Å². The average molecular weight is 379 g/mol. The topological polar surface area (TPSA) is 15.7 Å². The molecule has 2 aromatic carbocycles. The third-order valence-corrected chi connectivity index (χ3v) is 7.61. The molecule has 28 heavy (non-hydrogen) atoms. The monoisotopic (exact) mass is 378 g/mol. The van der Waals surface area contributed by atoms with Gasteiger partial charge in [-0.3, -0.25) is 9.80 Å². The van der Waals surface area contributed by atoms with Gasteiger partial charge in [-0.15, -0.1) is 0 Å². The first-order valence-electron chi connectivity index (χ1n) is 11.4. The summed E-state index contributed by atoms with van der Waals surface area (Å²) < 4.78 is 5.63. The van der Waals surface area contributed by atoms with Gasteiger partial charge in [0, 0.05) is 37.1 Å². The average Bonchev–Trinajstić information content (AvgIpc) is 3.23. The van der Waals surface area contributed by atoms with Crippen LogP contribution >= 0.6 is 0 Å². The number of hydrogen-bond acceptors (Lipinski definition) is 3. The fourth-order valence-electron chi connectivity index (χ4n) is 6.31. The molecule has 0 radical (unpaired) electrons. The van der Waals surface area contributed by atoms with Crippen molar-refractivity contribution in [3.63, 3.8) is 0 Å². The minimum Gasteiger partial charge on any atom is -0.496 e. The van der Waals surface area contributed by atoms with Crippen LogP contribution in [0.4, 0.5) is 0 Å². The van der Waals surface area contributed by atoms with Crippen LogP contribution in [0.3, 0.4) is 0 Å². The predicted molar refractivity (Wildman–Crippen MR) is 116 cm³/mol. The number of hydrogen-bond donors (Lipinski definition) is 0. The second-order valence-corrected chi connectivity index (χ2v) is 9.08. The molecule has 0 amide bonds. The van der Waals surface area contributed by atoms with Crippen LogP contribution in [-0.4, -0.2) is 48.6 Å². The molecule has 0 bridgehead atoms. The second-order valence-electron chi connectivity index (χ2n) is 9.08. The van der Waals surface area contributed by atoms with Crippen molar-refractivity contribution in [3.05, 3.63) is 42.0 Å². The van der Waals surface area contributed by atoms with Crippen LogP contribution in [0, 0.1) is 5.92 Å². The van der Waals surface area contributed by atoms with Crippen LogP contribution in [0.25, 0.3) is 10.8 Å². The summed E-state index contributed by atoms with van der Waals surface area (Å²) in [5.41, 5.74) is 1.46. The van der Waals surface area contributed by atoms with Gasteiger partial charge in [-0.1, -0.05) is 49.6 Å². The zero-order valence-electron chi connectivity index (χ0n) is 17.3. The number of nitrogens with zero attached hydrogens (tertiary/aromatic N) is 2. The molecule has 5 rings (SSSR count). The largest absolute Gasteiger partial charge is 0.496 e. The molecule has 2 saturated heterocycles. The molecule has 2 atom stereocenters. The Balaban J connectivity index is 1.47. The highest BCUT2D eigenvalue weighted by atomic mass is 16.5. The van der Waals surface area contributed by atoms with Gasteiger partial charge in [0.1, 0.15) is 5.75 Å². The van der Waals surface area contributed by atoms with Crippen molar-refractivity contribution in [1.82, 2.24) is 9.80 Å². The van der Waals surface area contributed by atoms with Crippen molar-refractivity contribution in [2.75, 3.05) is 26.7 Å². The molecule has 150 valence electrons. The Kier molecular flexibility index (Phi) is 5.30. The SMILES string of the molecule is COc1ccc(CN2CCN3CCCC3C2C2CCCCC2)c2ccccc12. The Labute approximate surface area is 169 Å². The van der Waals surface area contributed by atoms with E-state index in [9.17, 15) is 0 Å². The first kappa shape index (κ1) is 18.4. The zero-order valence-corrected chi connectivity index (χ0v) is 17.3. The molecule has 0 aromatic heterocycles. The van der Waals surface area contributed by atoms with E-state index in [1.54, 1.807) is 7.11 Å². The fourth-order valence-corrected chi connectivity index (χ4v) is 6.31. The first-order chi connectivity index (χ1) is 13.8. The van der Waals surface area contributed by atoms with Crippen LogP contribution in [0.5, 0.6) is 5.75 Å². The minimum absolute atomic E-state index is 0.748. The van der Waals surface area contributed by atoms with E-state index in [1.807, 2.05) is 0 Å². The lowest BCUT2D eigenvalue weighted by Crippen LogP contribution is -2.59. The van der Waals surface area contributed by atoms with Crippen molar-refractivity contribution >= 4 is 10.8 Å². The molecule has 2 aliphatic heterocycles. The highest BCUT2D eigenvalue weighted by molar-refractivity contribution is 5.91. The van der Waals surface area contributed by atoms with Gasteiger partial charge in [-0.05, 0) is 55.2 Å². The fraction of sp³-hybridized carbons (Fsp3) is 0.600. The molecule has 3 nitrogen and oxygen atoms in total. The number of rotatable bonds is 4. The smallest absolute Gasteiger partial charge is 0.126 e. The summed E-state index contributed by atoms with van der Waals surface area (Å²) in [6, 6.07) is 14.8. The van der Waals surface area contributed by atoms with Crippen molar-refractivity contribution < 1.29 is 4.74 Å². The Morgan fingerprint density at radius 2 is 1.68 bits per heavy atom. The van der Waals surface area contributed by atoms with Gasteiger partial charge in [-0.2, -0.15) is 0 Å².